The molecule has 1 N–H and O–H groups in total. The number of rotatable bonds is 4. The molecular formula is C17H22FN5O. The number of pyridine rings is 1. The molecule has 0 aliphatic carbocycles. The van der Waals surface area contributed by atoms with Crippen LogP contribution in [-0.4, -0.2) is 38.7 Å². The number of hydrogen-bond donors (Lipinski definition) is 1. The minimum Gasteiger partial charge on any atom is -0.336 e. The molecule has 3 heterocycles. The maximum absolute atomic E-state index is 13.4. The summed E-state index contributed by atoms with van der Waals surface area (Å²) >= 11 is 0. The van der Waals surface area contributed by atoms with Crippen LogP contribution >= 0.6 is 0 Å². The van der Waals surface area contributed by atoms with Crippen molar-refractivity contribution < 1.29 is 9.18 Å². The molecule has 2 aromatic rings. The van der Waals surface area contributed by atoms with Crippen LogP contribution in [0.1, 0.15) is 43.1 Å². The molecule has 0 bridgehead atoms. The van der Waals surface area contributed by atoms with Gasteiger partial charge in [-0.3, -0.25) is 14.5 Å². The zero-order chi connectivity index (χ0) is 17.3. The van der Waals surface area contributed by atoms with Gasteiger partial charge in [0.05, 0.1) is 17.9 Å². The van der Waals surface area contributed by atoms with Gasteiger partial charge >= 0.3 is 0 Å². The van der Waals surface area contributed by atoms with Crippen molar-refractivity contribution in [2.24, 2.45) is 7.05 Å². The van der Waals surface area contributed by atoms with E-state index in [1.54, 1.807) is 22.0 Å². The molecule has 3 rings (SSSR count). The average Bonchev–Trinajstić information content (AvgIpc) is 2.97. The third-order valence-electron chi connectivity index (χ3n) is 4.71. The lowest BCUT2D eigenvalue weighted by molar-refractivity contribution is -0.136. The van der Waals surface area contributed by atoms with E-state index in [0.29, 0.717) is 6.42 Å². The Balaban J connectivity index is 1.84. The molecule has 0 saturated carbocycles. The number of amides is 1. The lowest BCUT2D eigenvalue weighted by Gasteiger charge is -2.40. The fourth-order valence-corrected chi connectivity index (χ4v) is 3.37. The quantitative estimate of drug-likeness (QED) is 0.930. The topological polar surface area (TPSA) is 63.1 Å². The van der Waals surface area contributed by atoms with Gasteiger partial charge in [-0.1, -0.05) is 0 Å². The molecule has 1 aliphatic heterocycles. The number of aromatic nitrogens is 3. The third-order valence-corrected chi connectivity index (χ3v) is 4.71. The molecule has 128 valence electrons. The Hall–Kier alpha value is -2.28. The van der Waals surface area contributed by atoms with E-state index in [4.69, 9.17) is 0 Å². The van der Waals surface area contributed by atoms with Gasteiger partial charge in [-0.05, 0) is 31.0 Å². The van der Waals surface area contributed by atoms with Crippen molar-refractivity contribution in [1.29, 1.82) is 0 Å². The summed E-state index contributed by atoms with van der Waals surface area (Å²) in [5.41, 5.74) is 1.77. The van der Waals surface area contributed by atoms with Crippen LogP contribution in [0.4, 0.5) is 4.39 Å². The number of piperidine rings is 1. The summed E-state index contributed by atoms with van der Waals surface area (Å²) in [6.45, 7) is 1.98. The molecule has 1 fully saturated rings. The monoisotopic (exact) mass is 331 g/mol. The molecular weight excluding hydrogens is 309 g/mol. The molecule has 1 saturated heterocycles. The maximum atomic E-state index is 13.4. The molecule has 6 nitrogen and oxygen atoms in total. The Morgan fingerprint density at radius 1 is 1.38 bits per heavy atom. The molecule has 0 aromatic carbocycles. The molecule has 0 radical (unpaired) electrons. The van der Waals surface area contributed by atoms with E-state index in [1.807, 2.05) is 27.1 Å². The Morgan fingerprint density at radius 3 is 2.83 bits per heavy atom. The highest BCUT2D eigenvalue weighted by molar-refractivity contribution is 5.77. The van der Waals surface area contributed by atoms with E-state index in [1.165, 1.54) is 12.3 Å². The molecule has 24 heavy (non-hydrogen) atoms. The normalized spacial score (nSPS) is 22.7. The lowest BCUT2D eigenvalue weighted by atomic mass is 9.92. The van der Waals surface area contributed by atoms with E-state index in [-0.39, 0.29) is 29.8 Å². The highest BCUT2D eigenvalue weighted by Crippen LogP contribution is 2.32. The van der Waals surface area contributed by atoms with Gasteiger partial charge in [0.2, 0.25) is 5.91 Å². The fourth-order valence-electron chi connectivity index (χ4n) is 3.37. The number of aryl methyl sites for hydroxylation is 1. The number of carbonyl (C=O) groups is 1. The predicted octanol–water partition coefficient (Wildman–Crippen LogP) is 1.97. The van der Waals surface area contributed by atoms with Crippen molar-refractivity contribution in [3.8, 4) is 0 Å². The number of carbonyl (C=O) groups excluding carboxylic acids is 1. The number of hydrogen-bond acceptors (Lipinski definition) is 4. The second-order valence-corrected chi connectivity index (χ2v) is 6.30. The molecule has 7 heteroatoms. The summed E-state index contributed by atoms with van der Waals surface area (Å²) in [4.78, 5) is 17.9. The van der Waals surface area contributed by atoms with Gasteiger partial charge in [0, 0.05) is 45.0 Å². The van der Waals surface area contributed by atoms with Crippen molar-refractivity contribution >= 4 is 5.91 Å². The second kappa shape index (κ2) is 6.68. The van der Waals surface area contributed by atoms with Crippen LogP contribution < -0.4 is 5.32 Å². The minimum atomic E-state index is -0.347. The van der Waals surface area contributed by atoms with Crippen LogP contribution in [0.25, 0.3) is 0 Å². The predicted molar refractivity (Wildman–Crippen MR) is 87.5 cm³/mol. The first kappa shape index (κ1) is 16.6. The number of likely N-dealkylation sites (N-methyl/N-ethyl adjacent to an activating group) is 1. The Kier molecular flexibility index (Phi) is 4.62. The zero-order valence-electron chi connectivity index (χ0n) is 14.1. The highest BCUT2D eigenvalue weighted by atomic mass is 19.1. The summed E-state index contributed by atoms with van der Waals surface area (Å²) in [6.07, 6.45) is 5.82. The standard InChI is InChI=1S/C17H22FN5O/c1-11(12-8-13(18)10-19-9-12)21-14-4-5-16(24)22(2)17(14)15-6-7-20-23(15)3/h6-11,14,17,21H,4-5H2,1-3H3/t11?,14-,17-/m1/s1. The SMILES string of the molecule is CC(N[C@@H]1CCC(=O)N(C)[C@H]1c1ccnn1C)c1cncc(F)c1. The van der Waals surface area contributed by atoms with Crippen molar-refractivity contribution in [2.45, 2.75) is 37.9 Å². The third kappa shape index (κ3) is 3.17. The smallest absolute Gasteiger partial charge is 0.222 e. The van der Waals surface area contributed by atoms with E-state index in [0.717, 1.165) is 17.7 Å². The summed E-state index contributed by atoms with van der Waals surface area (Å²) in [5.74, 6) is -0.223. The molecule has 3 atom stereocenters. The number of nitrogens with zero attached hydrogens (tertiary/aromatic N) is 4. The first-order chi connectivity index (χ1) is 11.5. The van der Waals surface area contributed by atoms with Gasteiger partial charge in [-0.25, -0.2) is 4.39 Å². The maximum Gasteiger partial charge on any atom is 0.222 e. The average molecular weight is 331 g/mol. The van der Waals surface area contributed by atoms with Gasteiger partial charge in [0.15, 0.2) is 0 Å². The van der Waals surface area contributed by atoms with Crippen molar-refractivity contribution in [2.75, 3.05) is 7.05 Å². The molecule has 1 unspecified atom stereocenters. The van der Waals surface area contributed by atoms with Gasteiger partial charge in [0.25, 0.3) is 0 Å². The van der Waals surface area contributed by atoms with Crippen molar-refractivity contribution in [3.05, 3.63) is 47.8 Å². The van der Waals surface area contributed by atoms with E-state index in [2.05, 4.69) is 15.4 Å². The summed E-state index contributed by atoms with van der Waals surface area (Å²) in [5, 5.41) is 7.76. The first-order valence-electron chi connectivity index (χ1n) is 8.07. The number of nitrogens with one attached hydrogen (secondary N) is 1. The van der Waals surface area contributed by atoms with Crippen LogP contribution in [0.15, 0.2) is 30.7 Å². The summed E-state index contributed by atoms with van der Waals surface area (Å²) in [7, 11) is 3.70. The Bertz CT molecular complexity index is 731. The largest absolute Gasteiger partial charge is 0.336 e. The van der Waals surface area contributed by atoms with Crippen LogP contribution in [0.5, 0.6) is 0 Å². The molecule has 1 amide bonds. The van der Waals surface area contributed by atoms with Gasteiger partial charge in [-0.15, -0.1) is 0 Å². The van der Waals surface area contributed by atoms with Crippen LogP contribution in [0.3, 0.4) is 0 Å². The Labute approximate surface area is 140 Å². The van der Waals surface area contributed by atoms with Crippen LogP contribution in [0.2, 0.25) is 0 Å². The molecule has 0 spiro atoms. The van der Waals surface area contributed by atoms with Crippen molar-refractivity contribution in [1.82, 2.24) is 25.0 Å². The van der Waals surface area contributed by atoms with Crippen LogP contribution in [-0.2, 0) is 11.8 Å². The van der Waals surface area contributed by atoms with E-state index >= 15 is 0 Å². The zero-order valence-corrected chi connectivity index (χ0v) is 14.1. The van der Waals surface area contributed by atoms with E-state index < -0.39 is 0 Å². The fraction of sp³-hybridized carbons (Fsp3) is 0.471. The van der Waals surface area contributed by atoms with E-state index in [9.17, 15) is 9.18 Å². The second-order valence-electron chi connectivity index (χ2n) is 6.30. The van der Waals surface area contributed by atoms with Gasteiger partial charge < -0.3 is 10.2 Å². The minimum absolute atomic E-state index is 0.0568. The highest BCUT2D eigenvalue weighted by Gasteiger charge is 2.36. The lowest BCUT2D eigenvalue weighted by Crippen LogP contribution is -2.50. The van der Waals surface area contributed by atoms with Gasteiger partial charge in [0.1, 0.15) is 5.82 Å². The van der Waals surface area contributed by atoms with Gasteiger partial charge in [-0.2, -0.15) is 5.10 Å². The number of halogens is 1. The molecule has 2 aromatic heterocycles. The summed E-state index contributed by atoms with van der Waals surface area (Å²) in [6, 6.07) is 3.30. The van der Waals surface area contributed by atoms with Crippen molar-refractivity contribution in [3.63, 3.8) is 0 Å². The first-order valence-corrected chi connectivity index (χ1v) is 8.07. The number of likely N-dealkylation sites (tertiary alicyclic amines) is 1. The Morgan fingerprint density at radius 2 is 2.17 bits per heavy atom. The van der Waals surface area contributed by atoms with Crippen LogP contribution in [0, 0.1) is 5.82 Å². The molecule has 1 aliphatic rings. The summed E-state index contributed by atoms with van der Waals surface area (Å²) < 4.78 is 15.2.